The molecule has 2 unspecified atom stereocenters. The van der Waals surface area contributed by atoms with Crippen molar-refractivity contribution in [2.24, 2.45) is 5.92 Å². The maximum absolute atomic E-state index is 11.5. The number of methoxy groups -OCH3 is 1. The number of carbonyl (C=O) groups is 1. The van der Waals surface area contributed by atoms with Crippen LogP contribution in [0.1, 0.15) is 31.9 Å². The van der Waals surface area contributed by atoms with Crippen LogP contribution in [-0.2, 0) is 4.79 Å². The number of Topliss-reactive ketones (excluding diaryl/α,β-unsaturated/α-hetero) is 1. The topological polar surface area (TPSA) is 29.5 Å². The number of rotatable bonds is 3. The summed E-state index contributed by atoms with van der Waals surface area (Å²) in [4.78, 5) is 13.9. The van der Waals surface area contributed by atoms with Crippen molar-refractivity contribution in [1.82, 2.24) is 4.90 Å². The number of benzene rings is 1. The Morgan fingerprint density at radius 3 is 2.56 bits per heavy atom. The molecule has 1 aliphatic rings. The molecule has 0 spiro atoms. The molecule has 0 aromatic heterocycles. The molecule has 1 fully saturated rings. The van der Waals surface area contributed by atoms with Gasteiger partial charge in [0, 0.05) is 31.5 Å². The molecule has 3 nitrogen and oxygen atoms in total. The van der Waals surface area contributed by atoms with E-state index in [2.05, 4.69) is 24.0 Å². The van der Waals surface area contributed by atoms with Crippen LogP contribution in [0.4, 0.5) is 0 Å². The third kappa shape index (κ3) is 2.72. The Kier molecular flexibility index (Phi) is 4.02. The lowest BCUT2D eigenvalue weighted by molar-refractivity contribution is -0.126. The molecule has 0 N–H and O–H groups in total. The van der Waals surface area contributed by atoms with E-state index in [0.29, 0.717) is 18.2 Å². The molecule has 2 atom stereocenters. The Balaban J connectivity index is 2.06. The molecule has 1 heterocycles. The third-order valence-corrected chi connectivity index (χ3v) is 3.85. The monoisotopic (exact) mass is 247 g/mol. The van der Waals surface area contributed by atoms with Gasteiger partial charge in [-0.25, -0.2) is 0 Å². The summed E-state index contributed by atoms with van der Waals surface area (Å²) in [6, 6.07) is 8.54. The van der Waals surface area contributed by atoms with E-state index in [9.17, 15) is 4.79 Å². The molecule has 0 bridgehead atoms. The lowest BCUT2D eigenvalue weighted by atomic mass is 9.95. The minimum absolute atomic E-state index is 0.166. The Hall–Kier alpha value is -1.35. The largest absolute Gasteiger partial charge is 0.497 e. The van der Waals surface area contributed by atoms with Crippen molar-refractivity contribution in [1.29, 1.82) is 0 Å². The first-order chi connectivity index (χ1) is 8.61. The van der Waals surface area contributed by atoms with Crippen molar-refractivity contribution in [3.63, 3.8) is 0 Å². The van der Waals surface area contributed by atoms with Crippen molar-refractivity contribution in [3.8, 4) is 5.75 Å². The lowest BCUT2D eigenvalue weighted by Crippen LogP contribution is -2.40. The smallest absolute Gasteiger partial charge is 0.138 e. The second kappa shape index (κ2) is 5.53. The van der Waals surface area contributed by atoms with Gasteiger partial charge in [0.1, 0.15) is 11.5 Å². The van der Waals surface area contributed by atoms with Crippen molar-refractivity contribution in [2.75, 3.05) is 20.2 Å². The molecule has 1 aliphatic heterocycles. The molecule has 0 saturated carbocycles. The van der Waals surface area contributed by atoms with Gasteiger partial charge in [0.25, 0.3) is 0 Å². The van der Waals surface area contributed by atoms with Crippen LogP contribution in [0.3, 0.4) is 0 Å². The number of ketones is 1. The highest BCUT2D eigenvalue weighted by Crippen LogP contribution is 2.26. The summed E-state index contributed by atoms with van der Waals surface area (Å²) in [5.74, 6) is 1.45. The van der Waals surface area contributed by atoms with Gasteiger partial charge < -0.3 is 4.74 Å². The molecule has 98 valence electrons. The van der Waals surface area contributed by atoms with Crippen LogP contribution in [0.25, 0.3) is 0 Å². The van der Waals surface area contributed by atoms with Gasteiger partial charge in [-0.15, -0.1) is 0 Å². The second-order valence-electron chi connectivity index (χ2n) is 5.06. The molecule has 0 amide bonds. The Bertz CT molecular complexity index is 413. The fourth-order valence-corrected chi connectivity index (χ4v) is 2.49. The quantitative estimate of drug-likeness (QED) is 0.822. The Morgan fingerprint density at radius 1 is 1.33 bits per heavy atom. The number of likely N-dealkylation sites (tertiary alicyclic amines) is 1. The van der Waals surface area contributed by atoms with Gasteiger partial charge in [0.05, 0.1) is 7.11 Å². The summed E-state index contributed by atoms with van der Waals surface area (Å²) < 4.78 is 5.17. The summed E-state index contributed by atoms with van der Waals surface area (Å²) in [5.41, 5.74) is 1.28. The average Bonchev–Trinajstić information content (AvgIpc) is 2.41. The van der Waals surface area contributed by atoms with Gasteiger partial charge in [-0.1, -0.05) is 19.1 Å². The van der Waals surface area contributed by atoms with Crippen LogP contribution in [-0.4, -0.2) is 30.9 Å². The van der Waals surface area contributed by atoms with Crippen LogP contribution in [0.5, 0.6) is 5.75 Å². The van der Waals surface area contributed by atoms with E-state index in [4.69, 9.17) is 4.74 Å². The van der Waals surface area contributed by atoms with E-state index >= 15 is 0 Å². The minimum atomic E-state index is 0.166. The van der Waals surface area contributed by atoms with Gasteiger partial charge in [0.2, 0.25) is 0 Å². The predicted octanol–water partition coefficient (Wildman–Crippen LogP) is 2.67. The molecule has 18 heavy (non-hydrogen) atoms. The van der Waals surface area contributed by atoms with Gasteiger partial charge >= 0.3 is 0 Å². The highest BCUT2D eigenvalue weighted by atomic mass is 16.5. The maximum atomic E-state index is 11.5. The van der Waals surface area contributed by atoms with E-state index in [1.54, 1.807) is 7.11 Å². The van der Waals surface area contributed by atoms with Gasteiger partial charge in [-0.2, -0.15) is 0 Å². The Morgan fingerprint density at radius 2 is 2.00 bits per heavy atom. The number of nitrogens with zero attached hydrogens (tertiary/aromatic N) is 1. The molecule has 1 aromatic rings. The highest BCUT2D eigenvalue weighted by molar-refractivity contribution is 5.81. The van der Waals surface area contributed by atoms with Crippen molar-refractivity contribution in [3.05, 3.63) is 29.8 Å². The number of hydrogen-bond donors (Lipinski definition) is 0. The summed E-state index contributed by atoms with van der Waals surface area (Å²) in [6.07, 6.45) is 0.682. The first-order valence-electron chi connectivity index (χ1n) is 6.52. The van der Waals surface area contributed by atoms with Crippen LogP contribution >= 0.6 is 0 Å². The number of piperidine rings is 1. The summed E-state index contributed by atoms with van der Waals surface area (Å²) in [6.45, 7) is 5.96. The number of ether oxygens (including phenoxy) is 1. The van der Waals surface area contributed by atoms with Crippen LogP contribution in [0, 0.1) is 5.92 Å². The normalized spacial score (nSPS) is 22.8. The minimum Gasteiger partial charge on any atom is -0.497 e. The van der Waals surface area contributed by atoms with E-state index in [-0.39, 0.29) is 5.92 Å². The zero-order chi connectivity index (χ0) is 13.1. The summed E-state index contributed by atoms with van der Waals surface area (Å²) in [7, 11) is 1.68. The standard InChI is InChI=1S/C15H21NO2/c1-11-10-16(9-8-15(11)17)12(2)13-4-6-14(18-3)7-5-13/h4-7,11-12H,8-10H2,1-3H3. The number of hydrogen-bond acceptors (Lipinski definition) is 3. The average molecular weight is 247 g/mol. The van der Waals surface area contributed by atoms with E-state index in [1.165, 1.54) is 5.56 Å². The lowest BCUT2D eigenvalue weighted by Gasteiger charge is -2.35. The van der Waals surface area contributed by atoms with Crippen molar-refractivity contribution in [2.45, 2.75) is 26.3 Å². The maximum Gasteiger partial charge on any atom is 0.138 e. The summed E-state index contributed by atoms with van der Waals surface area (Å²) >= 11 is 0. The van der Waals surface area contributed by atoms with E-state index < -0.39 is 0 Å². The van der Waals surface area contributed by atoms with Gasteiger partial charge in [-0.3, -0.25) is 9.69 Å². The molecule has 2 rings (SSSR count). The fraction of sp³-hybridized carbons (Fsp3) is 0.533. The molecule has 0 aliphatic carbocycles. The molecule has 3 heteroatoms. The van der Waals surface area contributed by atoms with Crippen LogP contribution < -0.4 is 4.74 Å². The van der Waals surface area contributed by atoms with Crippen LogP contribution in [0.15, 0.2) is 24.3 Å². The third-order valence-electron chi connectivity index (χ3n) is 3.85. The molecular formula is C15H21NO2. The fourth-order valence-electron chi connectivity index (χ4n) is 2.49. The van der Waals surface area contributed by atoms with Gasteiger partial charge in [-0.05, 0) is 24.6 Å². The van der Waals surface area contributed by atoms with Crippen molar-refractivity contribution >= 4 is 5.78 Å². The first-order valence-corrected chi connectivity index (χ1v) is 6.52. The predicted molar refractivity (Wildman–Crippen MR) is 71.8 cm³/mol. The molecular weight excluding hydrogens is 226 g/mol. The SMILES string of the molecule is COc1ccc(C(C)N2CCC(=O)C(C)C2)cc1. The van der Waals surface area contributed by atoms with Gasteiger partial charge in [0.15, 0.2) is 0 Å². The van der Waals surface area contributed by atoms with E-state index in [0.717, 1.165) is 18.8 Å². The zero-order valence-corrected chi connectivity index (χ0v) is 11.3. The highest BCUT2D eigenvalue weighted by Gasteiger charge is 2.26. The molecule has 0 radical (unpaired) electrons. The first kappa shape index (κ1) is 13.1. The zero-order valence-electron chi connectivity index (χ0n) is 11.3. The van der Waals surface area contributed by atoms with E-state index in [1.807, 2.05) is 19.1 Å². The number of carbonyl (C=O) groups excluding carboxylic acids is 1. The van der Waals surface area contributed by atoms with Crippen molar-refractivity contribution < 1.29 is 9.53 Å². The Labute approximate surface area is 109 Å². The molecule has 1 aromatic carbocycles. The molecule has 1 saturated heterocycles. The second-order valence-corrected chi connectivity index (χ2v) is 5.06. The van der Waals surface area contributed by atoms with Crippen LogP contribution in [0.2, 0.25) is 0 Å². The summed E-state index contributed by atoms with van der Waals surface area (Å²) in [5, 5.41) is 0.